The number of fused-ring (bicyclic) bond motifs is 5. The van der Waals surface area contributed by atoms with Gasteiger partial charge in [-0.1, -0.05) is 53.2 Å². The number of hydrogen-bond acceptors (Lipinski definition) is 7. The van der Waals surface area contributed by atoms with Crippen molar-refractivity contribution in [3.8, 4) is 0 Å². The van der Waals surface area contributed by atoms with Crippen molar-refractivity contribution >= 4 is 0 Å². The lowest BCUT2D eigenvalue weighted by molar-refractivity contribution is -0.250. The molecule has 7 nitrogen and oxygen atoms in total. The highest BCUT2D eigenvalue weighted by molar-refractivity contribution is 5.20. The summed E-state index contributed by atoms with van der Waals surface area (Å²) in [6.45, 7) is 18.1. The van der Waals surface area contributed by atoms with Crippen LogP contribution in [0.15, 0.2) is 11.6 Å². The molecule has 0 spiro atoms. The third-order valence-electron chi connectivity index (χ3n) is 15.2. The predicted octanol–water partition coefficient (Wildman–Crippen LogP) is 4.99. The SMILES string of the molecule is CC(C)=CCC[C@](C)(CC1OC(CO)C(O)C(O)C1O)C1CC[C@]2(C)C1[C@H](O)CC1[C@@]3(C)CC[C@H](O)C(C)(C)C3CC[C@]12C. The molecule has 0 amide bonds. The number of rotatable bonds is 7. The van der Waals surface area contributed by atoms with E-state index in [4.69, 9.17) is 4.74 Å². The van der Waals surface area contributed by atoms with Gasteiger partial charge in [-0.2, -0.15) is 0 Å². The van der Waals surface area contributed by atoms with Crippen LogP contribution in [0.2, 0.25) is 0 Å². The zero-order valence-electron chi connectivity index (χ0n) is 28.8. The van der Waals surface area contributed by atoms with E-state index < -0.39 is 43.2 Å². The van der Waals surface area contributed by atoms with E-state index in [0.29, 0.717) is 18.3 Å². The van der Waals surface area contributed by atoms with Crippen LogP contribution < -0.4 is 0 Å². The maximum atomic E-state index is 12.3. The molecular weight excluding hydrogens is 556 g/mol. The Morgan fingerprint density at radius 2 is 1.45 bits per heavy atom. The largest absolute Gasteiger partial charge is 0.394 e. The minimum Gasteiger partial charge on any atom is -0.394 e. The summed E-state index contributed by atoms with van der Waals surface area (Å²) in [5.74, 6) is 1.13. The van der Waals surface area contributed by atoms with Crippen molar-refractivity contribution in [2.24, 2.45) is 50.7 Å². The molecule has 5 rings (SSSR count). The smallest absolute Gasteiger partial charge is 0.111 e. The topological polar surface area (TPSA) is 131 Å². The second kappa shape index (κ2) is 11.9. The molecule has 15 atom stereocenters. The van der Waals surface area contributed by atoms with Gasteiger partial charge in [0.05, 0.1) is 24.9 Å². The van der Waals surface area contributed by atoms with E-state index in [1.54, 1.807) is 0 Å². The van der Waals surface area contributed by atoms with Crippen LogP contribution in [-0.2, 0) is 4.74 Å². The fourth-order valence-electron chi connectivity index (χ4n) is 12.5. The van der Waals surface area contributed by atoms with Gasteiger partial charge in [0.15, 0.2) is 0 Å². The van der Waals surface area contributed by atoms with Crippen molar-refractivity contribution in [3.63, 3.8) is 0 Å². The van der Waals surface area contributed by atoms with Crippen LogP contribution in [0.1, 0.15) is 120 Å². The quantitative estimate of drug-likeness (QED) is 0.221. The molecule has 9 unspecified atom stereocenters. The predicted molar refractivity (Wildman–Crippen MR) is 172 cm³/mol. The van der Waals surface area contributed by atoms with Gasteiger partial charge in [0.1, 0.15) is 24.4 Å². The van der Waals surface area contributed by atoms with Gasteiger partial charge >= 0.3 is 0 Å². The monoisotopic (exact) mass is 620 g/mol. The highest BCUT2D eigenvalue weighted by Crippen LogP contribution is 2.76. The lowest BCUT2D eigenvalue weighted by Gasteiger charge is -2.70. The molecule has 4 aliphatic carbocycles. The van der Waals surface area contributed by atoms with Gasteiger partial charge in [-0.3, -0.25) is 0 Å². The second-order valence-corrected chi connectivity index (χ2v) is 17.9. The summed E-state index contributed by atoms with van der Waals surface area (Å²) in [6.07, 6.45) is 5.04. The standard InChI is InChI=1S/C37H64O7/c1-21(2)10-9-14-34(5,19-24-30(41)32(43)31(42)25(20-38)44-24)22-11-16-37(8)29(22)23(39)18-27-35(6)15-13-28(40)33(3,4)26(35)12-17-36(27,37)7/h10,22-32,38-43H,9,11-20H2,1-8H3/t22?,23-,24?,25?,26?,27?,28+,29?,30?,31?,32?,34-,35+,36-,37-/m1/s1. The molecule has 1 heterocycles. The Kier molecular flexibility index (Phi) is 9.37. The lowest BCUT2D eigenvalue weighted by Crippen LogP contribution is -2.66. The Bertz CT molecular complexity index is 1070. The first-order valence-electron chi connectivity index (χ1n) is 17.7. The number of hydrogen-bond donors (Lipinski definition) is 6. The molecular formula is C37H64O7. The van der Waals surface area contributed by atoms with Crippen LogP contribution in [0.3, 0.4) is 0 Å². The van der Waals surface area contributed by atoms with Gasteiger partial charge in [0, 0.05) is 0 Å². The van der Waals surface area contributed by atoms with E-state index in [0.717, 1.165) is 57.8 Å². The molecule has 0 bridgehead atoms. The normalized spacial score (nSPS) is 51.5. The molecule has 6 N–H and O–H groups in total. The lowest BCUT2D eigenvalue weighted by atomic mass is 9.35. The molecule has 5 aliphatic rings. The molecule has 0 aromatic heterocycles. The molecule has 0 aromatic carbocycles. The van der Waals surface area contributed by atoms with E-state index >= 15 is 0 Å². The third kappa shape index (κ3) is 5.18. The first kappa shape index (κ1) is 34.8. The van der Waals surface area contributed by atoms with Crippen LogP contribution in [0, 0.1) is 50.7 Å². The van der Waals surface area contributed by atoms with Gasteiger partial charge in [-0.05, 0) is 129 Å². The second-order valence-electron chi connectivity index (χ2n) is 17.9. The van der Waals surface area contributed by atoms with Gasteiger partial charge < -0.3 is 35.4 Å². The van der Waals surface area contributed by atoms with E-state index in [-0.39, 0.29) is 45.0 Å². The summed E-state index contributed by atoms with van der Waals surface area (Å²) in [4.78, 5) is 0. The Morgan fingerprint density at radius 1 is 0.818 bits per heavy atom. The summed E-state index contributed by atoms with van der Waals surface area (Å²) in [6, 6.07) is 0. The van der Waals surface area contributed by atoms with Crippen molar-refractivity contribution in [1.29, 1.82) is 0 Å². The Labute approximate surface area is 266 Å². The third-order valence-corrected chi connectivity index (χ3v) is 15.2. The molecule has 5 fully saturated rings. The minimum absolute atomic E-state index is 0.0542. The number of aliphatic hydroxyl groups excluding tert-OH is 6. The fraction of sp³-hybridized carbons (Fsp3) is 0.946. The average Bonchev–Trinajstić information content (AvgIpc) is 3.33. The Hall–Kier alpha value is -0.540. The molecule has 1 saturated heterocycles. The zero-order chi connectivity index (χ0) is 32.6. The average molecular weight is 621 g/mol. The van der Waals surface area contributed by atoms with Crippen molar-refractivity contribution in [1.82, 2.24) is 0 Å². The van der Waals surface area contributed by atoms with Crippen molar-refractivity contribution in [2.45, 2.75) is 162 Å². The minimum atomic E-state index is -1.38. The van der Waals surface area contributed by atoms with E-state index in [9.17, 15) is 30.6 Å². The van der Waals surface area contributed by atoms with Gasteiger partial charge in [-0.25, -0.2) is 0 Å². The van der Waals surface area contributed by atoms with Gasteiger partial charge in [-0.15, -0.1) is 0 Å². The van der Waals surface area contributed by atoms with E-state index in [2.05, 4.69) is 61.5 Å². The highest BCUT2D eigenvalue weighted by Gasteiger charge is 2.71. The molecule has 4 saturated carbocycles. The molecule has 0 aromatic rings. The first-order chi connectivity index (χ1) is 20.4. The first-order valence-corrected chi connectivity index (χ1v) is 17.7. The maximum Gasteiger partial charge on any atom is 0.111 e. The summed E-state index contributed by atoms with van der Waals surface area (Å²) >= 11 is 0. The molecule has 7 heteroatoms. The van der Waals surface area contributed by atoms with Crippen LogP contribution in [0.25, 0.3) is 0 Å². The van der Waals surface area contributed by atoms with Crippen molar-refractivity contribution in [3.05, 3.63) is 11.6 Å². The molecule has 44 heavy (non-hydrogen) atoms. The molecule has 1 aliphatic heterocycles. The number of aliphatic hydroxyl groups is 6. The Morgan fingerprint density at radius 3 is 2.09 bits per heavy atom. The van der Waals surface area contributed by atoms with Crippen molar-refractivity contribution in [2.75, 3.05) is 6.61 Å². The molecule has 254 valence electrons. The van der Waals surface area contributed by atoms with Gasteiger partial charge in [0.2, 0.25) is 0 Å². The van der Waals surface area contributed by atoms with Crippen LogP contribution in [0.4, 0.5) is 0 Å². The maximum absolute atomic E-state index is 12.3. The number of allylic oxidation sites excluding steroid dienone is 2. The summed E-state index contributed by atoms with van der Waals surface area (Å²) in [5.41, 5.74) is 0.913. The molecule has 0 radical (unpaired) electrons. The Balaban J connectivity index is 1.49. The van der Waals surface area contributed by atoms with E-state index in [1.165, 1.54) is 5.57 Å². The summed E-state index contributed by atoms with van der Waals surface area (Å²) in [5, 5.41) is 65.4. The fourth-order valence-corrected chi connectivity index (χ4v) is 12.5. The zero-order valence-corrected chi connectivity index (χ0v) is 28.8. The number of ether oxygens (including phenoxy) is 1. The summed E-state index contributed by atoms with van der Waals surface area (Å²) < 4.78 is 6.10. The van der Waals surface area contributed by atoms with Crippen LogP contribution in [0.5, 0.6) is 0 Å². The van der Waals surface area contributed by atoms with E-state index in [1.807, 2.05) is 0 Å². The van der Waals surface area contributed by atoms with Crippen LogP contribution >= 0.6 is 0 Å². The highest BCUT2D eigenvalue weighted by atomic mass is 16.5. The van der Waals surface area contributed by atoms with Crippen molar-refractivity contribution < 1.29 is 35.4 Å². The summed E-state index contributed by atoms with van der Waals surface area (Å²) in [7, 11) is 0. The van der Waals surface area contributed by atoms with Crippen LogP contribution in [-0.4, -0.2) is 80.0 Å². The van der Waals surface area contributed by atoms with Gasteiger partial charge in [0.25, 0.3) is 0 Å².